The van der Waals surface area contributed by atoms with Gasteiger partial charge in [-0.2, -0.15) is 0 Å². The molecule has 0 aliphatic rings. The molecule has 0 amide bonds. The Morgan fingerprint density at radius 2 is 1.89 bits per heavy atom. The highest BCUT2D eigenvalue weighted by molar-refractivity contribution is 5.82. The molecule has 0 bridgehead atoms. The number of aliphatic hydroxyl groups excluding tert-OH is 1. The van der Waals surface area contributed by atoms with Crippen molar-refractivity contribution in [2.24, 2.45) is 0 Å². The van der Waals surface area contributed by atoms with Crippen LogP contribution in [0.15, 0.2) is 30.3 Å². The zero-order valence-electron chi connectivity index (χ0n) is 11.9. The van der Waals surface area contributed by atoms with Crippen LogP contribution in [-0.4, -0.2) is 34.6 Å². The summed E-state index contributed by atoms with van der Waals surface area (Å²) in [5.74, 6) is 0. The summed E-state index contributed by atoms with van der Waals surface area (Å²) in [5.41, 5.74) is 2.82. The van der Waals surface area contributed by atoms with Gasteiger partial charge in [-0.25, -0.2) is 0 Å². The summed E-state index contributed by atoms with van der Waals surface area (Å²) in [5, 5.41) is 11.5. The van der Waals surface area contributed by atoms with Crippen LogP contribution in [0.1, 0.15) is 31.2 Å². The predicted molar refractivity (Wildman–Crippen MR) is 79.2 cm³/mol. The lowest BCUT2D eigenvalue weighted by molar-refractivity contribution is 0.120. The largest absolute Gasteiger partial charge is 0.387 e. The van der Waals surface area contributed by atoms with E-state index in [1.54, 1.807) is 0 Å². The lowest BCUT2D eigenvalue weighted by Gasteiger charge is -2.22. The van der Waals surface area contributed by atoms with E-state index in [0.29, 0.717) is 6.54 Å². The number of rotatable bonds is 5. The van der Waals surface area contributed by atoms with Crippen molar-refractivity contribution in [1.29, 1.82) is 0 Å². The number of pyridine rings is 1. The molecule has 0 aliphatic carbocycles. The summed E-state index contributed by atoms with van der Waals surface area (Å²) in [6.07, 6.45) is -0.488. The first-order chi connectivity index (χ1) is 9.15. The van der Waals surface area contributed by atoms with E-state index in [1.807, 2.05) is 31.2 Å². The number of nitrogens with zero attached hydrogens (tertiary/aromatic N) is 2. The summed E-state index contributed by atoms with van der Waals surface area (Å²) < 4.78 is 0. The van der Waals surface area contributed by atoms with Crippen LogP contribution >= 0.6 is 0 Å². The number of benzene rings is 1. The second kappa shape index (κ2) is 6.13. The Hall–Kier alpha value is -1.45. The van der Waals surface area contributed by atoms with Crippen LogP contribution in [-0.2, 0) is 0 Å². The molecule has 0 saturated carbocycles. The summed E-state index contributed by atoms with van der Waals surface area (Å²) in [4.78, 5) is 6.80. The number of aliphatic hydroxyl groups is 1. The maximum atomic E-state index is 10.5. The third-order valence-electron chi connectivity index (χ3n) is 3.58. The maximum absolute atomic E-state index is 10.5. The van der Waals surface area contributed by atoms with E-state index in [2.05, 4.69) is 29.8 Å². The molecule has 2 rings (SSSR count). The fraction of sp³-hybridized carbons (Fsp3) is 0.438. The van der Waals surface area contributed by atoms with Gasteiger partial charge in [0.25, 0.3) is 0 Å². The SMILES string of the molecule is CCN(CC)CC(O)c1cccc2ccc(C)nc12. The minimum absolute atomic E-state index is 0.488. The normalized spacial score (nSPS) is 13.1. The minimum atomic E-state index is -0.488. The van der Waals surface area contributed by atoms with E-state index in [0.717, 1.165) is 35.2 Å². The van der Waals surface area contributed by atoms with Gasteiger partial charge in [-0.15, -0.1) is 0 Å². The number of likely N-dealkylation sites (N-methyl/N-ethyl adjacent to an activating group) is 1. The van der Waals surface area contributed by atoms with Crippen LogP contribution in [0, 0.1) is 6.92 Å². The Balaban J connectivity index is 2.36. The Morgan fingerprint density at radius 3 is 2.58 bits per heavy atom. The summed E-state index contributed by atoms with van der Waals surface area (Å²) in [6, 6.07) is 10.1. The Kier molecular flexibility index (Phi) is 4.51. The lowest BCUT2D eigenvalue weighted by Crippen LogP contribution is -2.28. The zero-order valence-corrected chi connectivity index (χ0v) is 11.9. The minimum Gasteiger partial charge on any atom is -0.387 e. The Bertz CT molecular complexity index is 549. The molecule has 3 nitrogen and oxygen atoms in total. The quantitative estimate of drug-likeness (QED) is 0.896. The topological polar surface area (TPSA) is 36.4 Å². The second-order valence-corrected chi connectivity index (χ2v) is 4.87. The summed E-state index contributed by atoms with van der Waals surface area (Å²) in [7, 11) is 0. The van der Waals surface area contributed by atoms with Crippen LogP contribution in [0.3, 0.4) is 0 Å². The molecule has 0 saturated heterocycles. The molecule has 1 atom stereocenters. The maximum Gasteiger partial charge on any atom is 0.0937 e. The second-order valence-electron chi connectivity index (χ2n) is 4.87. The molecule has 0 fully saturated rings. The van der Waals surface area contributed by atoms with Gasteiger partial charge in [-0.05, 0) is 26.1 Å². The fourth-order valence-corrected chi connectivity index (χ4v) is 2.36. The third-order valence-corrected chi connectivity index (χ3v) is 3.58. The molecular formula is C16H22N2O. The van der Waals surface area contributed by atoms with E-state index in [1.165, 1.54) is 0 Å². The average molecular weight is 258 g/mol. The number of fused-ring (bicyclic) bond motifs is 1. The number of para-hydroxylation sites is 1. The first-order valence-electron chi connectivity index (χ1n) is 6.92. The first-order valence-corrected chi connectivity index (χ1v) is 6.92. The molecule has 0 aliphatic heterocycles. The molecule has 1 heterocycles. The number of aryl methyl sites for hydroxylation is 1. The summed E-state index contributed by atoms with van der Waals surface area (Å²) >= 11 is 0. The molecule has 1 aromatic heterocycles. The van der Waals surface area contributed by atoms with Crippen LogP contribution < -0.4 is 0 Å². The van der Waals surface area contributed by atoms with Crippen molar-refractivity contribution in [3.05, 3.63) is 41.6 Å². The van der Waals surface area contributed by atoms with Crippen LogP contribution in [0.5, 0.6) is 0 Å². The van der Waals surface area contributed by atoms with E-state index >= 15 is 0 Å². The smallest absolute Gasteiger partial charge is 0.0937 e. The van der Waals surface area contributed by atoms with Gasteiger partial charge in [0.1, 0.15) is 0 Å². The molecule has 1 aromatic carbocycles. The van der Waals surface area contributed by atoms with Gasteiger partial charge in [0.15, 0.2) is 0 Å². The Morgan fingerprint density at radius 1 is 1.16 bits per heavy atom. The molecular weight excluding hydrogens is 236 g/mol. The highest BCUT2D eigenvalue weighted by Gasteiger charge is 2.14. The number of aromatic nitrogens is 1. The average Bonchev–Trinajstić information content (AvgIpc) is 2.43. The fourth-order valence-electron chi connectivity index (χ4n) is 2.36. The molecule has 102 valence electrons. The van der Waals surface area contributed by atoms with Gasteiger partial charge in [0.05, 0.1) is 11.6 Å². The third kappa shape index (κ3) is 3.11. The molecule has 2 aromatic rings. The first kappa shape index (κ1) is 14.0. The molecule has 3 heteroatoms. The van der Waals surface area contributed by atoms with E-state index in [4.69, 9.17) is 0 Å². The lowest BCUT2D eigenvalue weighted by atomic mass is 10.0. The van der Waals surface area contributed by atoms with Crippen molar-refractivity contribution in [2.45, 2.75) is 26.9 Å². The van der Waals surface area contributed by atoms with Crippen LogP contribution in [0.2, 0.25) is 0 Å². The zero-order chi connectivity index (χ0) is 13.8. The van der Waals surface area contributed by atoms with Gasteiger partial charge in [-0.3, -0.25) is 4.98 Å². The molecule has 1 N–H and O–H groups in total. The van der Waals surface area contributed by atoms with Gasteiger partial charge in [0.2, 0.25) is 0 Å². The Labute approximate surface area is 114 Å². The van der Waals surface area contributed by atoms with E-state index in [-0.39, 0.29) is 0 Å². The monoisotopic (exact) mass is 258 g/mol. The van der Waals surface area contributed by atoms with E-state index < -0.39 is 6.10 Å². The standard InChI is InChI=1S/C16H22N2O/c1-4-18(5-2)11-15(19)14-8-6-7-13-10-9-12(3)17-16(13)14/h6-10,15,19H,4-5,11H2,1-3H3. The highest BCUT2D eigenvalue weighted by Crippen LogP contribution is 2.23. The predicted octanol–water partition coefficient (Wildman–Crippen LogP) is 2.92. The van der Waals surface area contributed by atoms with Crippen molar-refractivity contribution in [1.82, 2.24) is 9.88 Å². The van der Waals surface area contributed by atoms with Crippen molar-refractivity contribution in [2.75, 3.05) is 19.6 Å². The van der Waals surface area contributed by atoms with Crippen LogP contribution in [0.25, 0.3) is 10.9 Å². The molecule has 19 heavy (non-hydrogen) atoms. The molecule has 0 radical (unpaired) electrons. The van der Waals surface area contributed by atoms with E-state index in [9.17, 15) is 5.11 Å². The number of hydrogen-bond acceptors (Lipinski definition) is 3. The van der Waals surface area contributed by atoms with Gasteiger partial charge in [0, 0.05) is 23.2 Å². The molecule has 0 spiro atoms. The summed E-state index contributed by atoms with van der Waals surface area (Å²) in [6.45, 7) is 8.76. The van der Waals surface area contributed by atoms with Crippen LogP contribution in [0.4, 0.5) is 0 Å². The number of hydrogen-bond donors (Lipinski definition) is 1. The van der Waals surface area contributed by atoms with Gasteiger partial charge in [-0.1, -0.05) is 38.1 Å². The van der Waals surface area contributed by atoms with Gasteiger partial charge >= 0.3 is 0 Å². The van der Waals surface area contributed by atoms with Crippen molar-refractivity contribution >= 4 is 10.9 Å². The van der Waals surface area contributed by atoms with Crippen molar-refractivity contribution in [3.8, 4) is 0 Å². The van der Waals surface area contributed by atoms with Crippen molar-refractivity contribution < 1.29 is 5.11 Å². The van der Waals surface area contributed by atoms with Crippen molar-refractivity contribution in [3.63, 3.8) is 0 Å². The van der Waals surface area contributed by atoms with Gasteiger partial charge < -0.3 is 10.0 Å². The molecule has 1 unspecified atom stereocenters. The highest BCUT2D eigenvalue weighted by atomic mass is 16.3.